The Morgan fingerprint density at radius 2 is 1.93 bits per heavy atom. The van der Waals surface area contributed by atoms with E-state index in [0.717, 1.165) is 22.9 Å². The van der Waals surface area contributed by atoms with Gasteiger partial charge < -0.3 is 13.9 Å². The molecule has 150 valence electrons. The van der Waals surface area contributed by atoms with Crippen molar-refractivity contribution in [2.45, 2.75) is 6.92 Å². The minimum absolute atomic E-state index is 0.113. The summed E-state index contributed by atoms with van der Waals surface area (Å²) in [6, 6.07) is 14.5. The minimum Gasteiger partial charge on any atom is -0.457 e. The SMILES string of the molecule is Cc1ccc(-c2ccc(/C=C3\SC(=N)N(c4ccc5c(c4)OCO5)C3=O)o2)cc1Cl. The number of nitrogens with zero attached hydrogens (tertiary/aromatic N) is 1. The number of rotatable bonds is 3. The van der Waals surface area contributed by atoms with Gasteiger partial charge in [-0.3, -0.25) is 15.1 Å². The second kappa shape index (κ2) is 7.27. The Bertz CT molecular complexity index is 1230. The molecule has 2 aliphatic heterocycles. The number of benzene rings is 2. The van der Waals surface area contributed by atoms with Gasteiger partial charge in [0.2, 0.25) is 6.79 Å². The van der Waals surface area contributed by atoms with E-state index >= 15 is 0 Å². The summed E-state index contributed by atoms with van der Waals surface area (Å²) in [4.78, 5) is 14.7. The predicted molar refractivity (Wildman–Crippen MR) is 117 cm³/mol. The number of thioether (sulfide) groups is 1. The van der Waals surface area contributed by atoms with E-state index in [1.807, 2.05) is 31.2 Å². The Morgan fingerprint density at radius 1 is 1.10 bits per heavy atom. The molecule has 0 aliphatic carbocycles. The van der Waals surface area contributed by atoms with Crippen LogP contribution in [0.5, 0.6) is 11.5 Å². The van der Waals surface area contributed by atoms with Crippen molar-refractivity contribution in [1.29, 1.82) is 5.41 Å². The number of amides is 1. The molecule has 2 aliphatic rings. The molecule has 0 unspecified atom stereocenters. The molecular formula is C22H15ClN2O4S. The van der Waals surface area contributed by atoms with Crippen LogP contribution in [-0.4, -0.2) is 17.9 Å². The molecule has 0 radical (unpaired) electrons. The van der Waals surface area contributed by atoms with Crippen molar-refractivity contribution < 1.29 is 18.7 Å². The molecule has 1 aromatic heterocycles. The number of furan rings is 1. The lowest BCUT2D eigenvalue weighted by Gasteiger charge is -2.14. The fourth-order valence-electron chi connectivity index (χ4n) is 3.21. The number of ether oxygens (including phenoxy) is 2. The average molecular weight is 439 g/mol. The van der Waals surface area contributed by atoms with Gasteiger partial charge in [-0.15, -0.1) is 0 Å². The average Bonchev–Trinajstić information content (AvgIpc) is 3.44. The number of carbonyl (C=O) groups excluding carboxylic acids is 1. The van der Waals surface area contributed by atoms with Gasteiger partial charge in [0.25, 0.3) is 5.91 Å². The molecule has 1 saturated heterocycles. The van der Waals surface area contributed by atoms with Crippen LogP contribution < -0.4 is 14.4 Å². The summed E-state index contributed by atoms with van der Waals surface area (Å²) in [5, 5.41) is 9.04. The molecule has 3 heterocycles. The van der Waals surface area contributed by atoms with Crippen LogP contribution in [0.4, 0.5) is 5.69 Å². The molecule has 0 atom stereocenters. The van der Waals surface area contributed by atoms with Crippen molar-refractivity contribution in [2.75, 3.05) is 11.7 Å². The zero-order valence-corrected chi connectivity index (χ0v) is 17.3. The van der Waals surface area contributed by atoms with Gasteiger partial charge in [-0.2, -0.15) is 0 Å². The van der Waals surface area contributed by atoms with Gasteiger partial charge >= 0.3 is 0 Å². The van der Waals surface area contributed by atoms with Crippen LogP contribution in [0.25, 0.3) is 17.4 Å². The van der Waals surface area contributed by atoms with Crippen LogP contribution in [0.15, 0.2) is 57.9 Å². The molecule has 0 saturated carbocycles. The van der Waals surface area contributed by atoms with Crippen molar-refractivity contribution in [2.24, 2.45) is 0 Å². The summed E-state index contributed by atoms with van der Waals surface area (Å²) < 4.78 is 16.6. The van der Waals surface area contributed by atoms with Crippen molar-refractivity contribution >= 4 is 46.2 Å². The van der Waals surface area contributed by atoms with E-state index in [9.17, 15) is 4.79 Å². The van der Waals surface area contributed by atoms with E-state index < -0.39 is 0 Å². The normalized spacial score (nSPS) is 16.7. The summed E-state index contributed by atoms with van der Waals surface area (Å²) in [7, 11) is 0. The molecule has 1 amide bonds. The molecule has 1 N–H and O–H groups in total. The second-order valence-electron chi connectivity index (χ2n) is 6.76. The monoisotopic (exact) mass is 438 g/mol. The highest BCUT2D eigenvalue weighted by atomic mass is 35.5. The first kappa shape index (κ1) is 18.8. The smallest absolute Gasteiger partial charge is 0.271 e. The highest BCUT2D eigenvalue weighted by Crippen LogP contribution is 2.40. The Balaban J connectivity index is 1.41. The maximum atomic E-state index is 12.9. The Kier molecular flexibility index (Phi) is 4.56. The van der Waals surface area contributed by atoms with Crippen LogP contribution in [0.3, 0.4) is 0 Å². The first-order valence-electron chi connectivity index (χ1n) is 9.08. The molecule has 6 nitrogen and oxygen atoms in total. The third kappa shape index (κ3) is 3.26. The van der Waals surface area contributed by atoms with Gasteiger partial charge in [0, 0.05) is 22.7 Å². The van der Waals surface area contributed by atoms with Crippen molar-refractivity contribution in [3.05, 3.63) is 69.8 Å². The van der Waals surface area contributed by atoms with Gasteiger partial charge in [-0.1, -0.05) is 23.7 Å². The molecule has 1 fully saturated rings. The van der Waals surface area contributed by atoms with E-state index in [1.165, 1.54) is 4.90 Å². The molecule has 2 aromatic carbocycles. The highest BCUT2D eigenvalue weighted by Gasteiger charge is 2.34. The van der Waals surface area contributed by atoms with Gasteiger partial charge in [0.1, 0.15) is 11.5 Å². The molecule has 3 aromatic rings. The zero-order chi connectivity index (χ0) is 20.8. The molecule has 8 heteroatoms. The first-order chi connectivity index (χ1) is 14.5. The van der Waals surface area contributed by atoms with Crippen LogP contribution in [-0.2, 0) is 4.79 Å². The third-order valence-corrected chi connectivity index (χ3v) is 6.09. The van der Waals surface area contributed by atoms with E-state index in [2.05, 4.69) is 0 Å². The van der Waals surface area contributed by atoms with Crippen molar-refractivity contribution in [3.63, 3.8) is 0 Å². The number of halogens is 1. The van der Waals surface area contributed by atoms with Gasteiger partial charge in [0.15, 0.2) is 16.7 Å². The van der Waals surface area contributed by atoms with Crippen LogP contribution >= 0.6 is 23.4 Å². The lowest BCUT2D eigenvalue weighted by atomic mass is 10.1. The van der Waals surface area contributed by atoms with Gasteiger partial charge in [0.05, 0.1) is 10.6 Å². The molecule has 5 rings (SSSR count). The Hall–Kier alpha value is -3.16. The predicted octanol–water partition coefficient (Wildman–Crippen LogP) is 5.69. The van der Waals surface area contributed by atoms with E-state index in [-0.39, 0.29) is 17.9 Å². The maximum Gasteiger partial charge on any atom is 0.271 e. The van der Waals surface area contributed by atoms with Gasteiger partial charge in [-0.25, -0.2) is 0 Å². The fourth-order valence-corrected chi connectivity index (χ4v) is 4.23. The highest BCUT2D eigenvalue weighted by molar-refractivity contribution is 8.19. The number of hydrogen-bond acceptors (Lipinski definition) is 6. The minimum atomic E-state index is -0.291. The number of nitrogens with one attached hydrogen (secondary N) is 1. The van der Waals surface area contributed by atoms with Crippen LogP contribution in [0.2, 0.25) is 5.02 Å². The van der Waals surface area contributed by atoms with E-state index in [4.69, 9.17) is 30.9 Å². The number of amidine groups is 1. The summed E-state index contributed by atoms with van der Waals surface area (Å²) in [6.07, 6.45) is 1.65. The largest absolute Gasteiger partial charge is 0.457 e. The van der Waals surface area contributed by atoms with E-state index in [1.54, 1.807) is 30.3 Å². The molecular weight excluding hydrogens is 424 g/mol. The first-order valence-corrected chi connectivity index (χ1v) is 10.3. The summed E-state index contributed by atoms with van der Waals surface area (Å²) >= 11 is 7.29. The topological polar surface area (TPSA) is 75.8 Å². The van der Waals surface area contributed by atoms with Crippen LogP contribution in [0, 0.1) is 12.3 Å². The lowest BCUT2D eigenvalue weighted by molar-refractivity contribution is -0.113. The lowest BCUT2D eigenvalue weighted by Crippen LogP contribution is -2.28. The van der Waals surface area contributed by atoms with Crippen molar-refractivity contribution in [1.82, 2.24) is 0 Å². The number of hydrogen-bond donors (Lipinski definition) is 1. The van der Waals surface area contributed by atoms with Gasteiger partial charge in [-0.05, 0) is 54.6 Å². The summed E-state index contributed by atoms with van der Waals surface area (Å²) in [5.41, 5.74) is 2.40. The summed E-state index contributed by atoms with van der Waals surface area (Å²) in [6.45, 7) is 2.09. The second-order valence-corrected chi connectivity index (χ2v) is 8.20. The van der Waals surface area contributed by atoms with E-state index in [0.29, 0.717) is 38.6 Å². The number of anilines is 1. The standard InChI is InChI=1S/C22H15ClN2O4S/c1-12-2-3-13(8-16(12)23)17-7-5-15(29-17)10-20-21(26)25(22(24)30-20)14-4-6-18-19(9-14)28-11-27-18/h2-10,24H,11H2,1H3/b20-10-,24-22?. The zero-order valence-electron chi connectivity index (χ0n) is 15.8. The molecule has 0 spiro atoms. The third-order valence-electron chi connectivity index (χ3n) is 4.79. The Morgan fingerprint density at radius 3 is 2.77 bits per heavy atom. The van der Waals surface area contributed by atoms with Crippen molar-refractivity contribution in [3.8, 4) is 22.8 Å². The fraction of sp³-hybridized carbons (Fsp3) is 0.0909. The maximum absolute atomic E-state index is 12.9. The Labute approximate surface area is 181 Å². The van der Waals surface area contributed by atoms with Crippen LogP contribution in [0.1, 0.15) is 11.3 Å². The number of fused-ring (bicyclic) bond motifs is 1. The number of carbonyl (C=O) groups is 1. The summed E-state index contributed by atoms with van der Waals surface area (Å²) in [5.74, 6) is 2.07. The molecule has 0 bridgehead atoms. The quantitative estimate of drug-likeness (QED) is 0.531. The molecule has 30 heavy (non-hydrogen) atoms. The number of aryl methyl sites for hydroxylation is 1.